The molecule has 3 aromatic rings. The number of hydrogen-bond donors (Lipinski definition) is 1. The maximum absolute atomic E-state index is 13.2. The highest BCUT2D eigenvalue weighted by Gasteiger charge is 2.12. The molecule has 0 radical (unpaired) electrons. The summed E-state index contributed by atoms with van der Waals surface area (Å²) in [4.78, 5) is 4.73. The first-order valence-corrected chi connectivity index (χ1v) is 9.53. The van der Waals surface area contributed by atoms with Crippen LogP contribution < -0.4 is 5.73 Å². The number of halogens is 1. The lowest BCUT2D eigenvalue weighted by atomic mass is 9.98. The van der Waals surface area contributed by atoms with Gasteiger partial charge >= 0.3 is 0 Å². The lowest BCUT2D eigenvalue weighted by molar-refractivity contribution is 0.602. The molecule has 0 saturated heterocycles. The predicted octanol–water partition coefficient (Wildman–Crippen LogP) is 3.42. The van der Waals surface area contributed by atoms with Crippen molar-refractivity contribution in [2.75, 3.05) is 6.26 Å². The Morgan fingerprint density at radius 2 is 1.60 bits per heavy atom. The number of benzene rings is 2. The highest BCUT2D eigenvalue weighted by atomic mass is 32.2. The molecule has 0 atom stereocenters. The molecule has 3 rings (SSSR count). The molecular formula is C19H17FN2O2S. The van der Waals surface area contributed by atoms with E-state index in [1.54, 1.807) is 42.6 Å². The first kappa shape index (κ1) is 17.3. The summed E-state index contributed by atoms with van der Waals surface area (Å²) in [6.45, 7) is 0.338. The van der Waals surface area contributed by atoms with Gasteiger partial charge in [0.1, 0.15) is 5.82 Å². The molecule has 0 aliphatic heterocycles. The quantitative estimate of drug-likeness (QED) is 0.777. The van der Waals surface area contributed by atoms with E-state index in [0.717, 1.165) is 22.3 Å². The van der Waals surface area contributed by atoms with Gasteiger partial charge in [-0.3, -0.25) is 4.98 Å². The van der Waals surface area contributed by atoms with Gasteiger partial charge in [0.15, 0.2) is 9.84 Å². The van der Waals surface area contributed by atoms with Crippen molar-refractivity contribution < 1.29 is 12.8 Å². The van der Waals surface area contributed by atoms with Gasteiger partial charge in [0.25, 0.3) is 0 Å². The van der Waals surface area contributed by atoms with Crippen LogP contribution in [0.4, 0.5) is 4.39 Å². The van der Waals surface area contributed by atoms with E-state index in [2.05, 4.69) is 4.98 Å². The van der Waals surface area contributed by atoms with Crippen LogP contribution in [0, 0.1) is 5.82 Å². The standard InChI is InChI=1S/C19H17FN2O2S/c1-25(23,24)17-8-4-14(5-9-17)18-10-13(11-21)12-22-19(18)15-2-6-16(20)7-3-15/h2-10,12H,11,21H2,1H3. The molecule has 2 aromatic carbocycles. The predicted molar refractivity (Wildman–Crippen MR) is 96.1 cm³/mol. The molecule has 128 valence electrons. The first-order valence-electron chi connectivity index (χ1n) is 7.64. The van der Waals surface area contributed by atoms with Crippen LogP contribution in [-0.4, -0.2) is 19.7 Å². The van der Waals surface area contributed by atoms with Crippen molar-refractivity contribution in [3.63, 3.8) is 0 Å². The Labute approximate surface area is 146 Å². The SMILES string of the molecule is CS(=O)(=O)c1ccc(-c2cc(CN)cnc2-c2ccc(F)cc2)cc1. The maximum atomic E-state index is 13.2. The fourth-order valence-corrected chi connectivity index (χ4v) is 3.19. The van der Waals surface area contributed by atoms with E-state index in [4.69, 9.17) is 5.73 Å². The molecule has 0 bridgehead atoms. The van der Waals surface area contributed by atoms with Crippen LogP contribution in [-0.2, 0) is 16.4 Å². The number of sulfone groups is 1. The second kappa shape index (κ2) is 6.74. The van der Waals surface area contributed by atoms with E-state index in [1.165, 1.54) is 18.4 Å². The largest absolute Gasteiger partial charge is 0.326 e. The van der Waals surface area contributed by atoms with Crippen LogP contribution in [0.1, 0.15) is 5.56 Å². The van der Waals surface area contributed by atoms with Crippen molar-refractivity contribution in [3.05, 3.63) is 72.2 Å². The minimum Gasteiger partial charge on any atom is -0.326 e. The van der Waals surface area contributed by atoms with Gasteiger partial charge in [0.05, 0.1) is 10.6 Å². The zero-order chi connectivity index (χ0) is 18.0. The van der Waals surface area contributed by atoms with Crippen molar-refractivity contribution in [1.82, 2.24) is 4.98 Å². The van der Waals surface area contributed by atoms with Crippen molar-refractivity contribution >= 4 is 9.84 Å². The zero-order valence-corrected chi connectivity index (χ0v) is 14.4. The summed E-state index contributed by atoms with van der Waals surface area (Å²) in [5.74, 6) is -0.318. The maximum Gasteiger partial charge on any atom is 0.175 e. The molecule has 0 amide bonds. The molecular weight excluding hydrogens is 339 g/mol. The summed E-state index contributed by atoms with van der Waals surface area (Å²) < 4.78 is 36.5. The van der Waals surface area contributed by atoms with Crippen molar-refractivity contribution in [2.45, 2.75) is 11.4 Å². The summed E-state index contributed by atoms with van der Waals surface area (Å²) >= 11 is 0. The van der Waals surface area contributed by atoms with E-state index < -0.39 is 9.84 Å². The Morgan fingerprint density at radius 1 is 1.00 bits per heavy atom. The Bertz CT molecular complexity index is 999. The van der Waals surface area contributed by atoms with Gasteiger partial charge in [-0.25, -0.2) is 12.8 Å². The number of hydrogen-bond acceptors (Lipinski definition) is 4. The molecule has 0 saturated carbocycles. The Kier molecular flexibility index (Phi) is 4.65. The Morgan fingerprint density at radius 3 is 2.16 bits per heavy atom. The van der Waals surface area contributed by atoms with Gasteiger partial charge in [0, 0.05) is 30.1 Å². The highest BCUT2D eigenvalue weighted by Crippen LogP contribution is 2.31. The monoisotopic (exact) mass is 356 g/mol. The van der Waals surface area contributed by atoms with Gasteiger partial charge in [-0.1, -0.05) is 12.1 Å². The highest BCUT2D eigenvalue weighted by molar-refractivity contribution is 7.90. The molecule has 4 nitrogen and oxygen atoms in total. The number of nitrogens with two attached hydrogens (primary N) is 1. The van der Waals surface area contributed by atoms with Crippen LogP contribution in [0.15, 0.2) is 65.7 Å². The van der Waals surface area contributed by atoms with Gasteiger partial charge in [0.2, 0.25) is 0 Å². The van der Waals surface area contributed by atoms with Gasteiger partial charge < -0.3 is 5.73 Å². The summed E-state index contributed by atoms with van der Waals surface area (Å²) in [7, 11) is -3.26. The van der Waals surface area contributed by atoms with E-state index in [9.17, 15) is 12.8 Å². The molecule has 2 N–H and O–H groups in total. The van der Waals surface area contributed by atoms with Gasteiger partial charge in [-0.2, -0.15) is 0 Å². The smallest absolute Gasteiger partial charge is 0.175 e. The molecule has 0 aliphatic carbocycles. The second-order valence-corrected chi connectivity index (χ2v) is 7.76. The summed E-state index contributed by atoms with van der Waals surface area (Å²) in [6.07, 6.45) is 2.86. The zero-order valence-electron chi connectivity index (χ0n) is 13.6. The molecule has 1 heterocycles. The van der Waals surface area contributed by atoms with Crippen LogP contribution in [0.25, 0.3) is 22.4 Å². The fourth-order valence-electron chi connectivity index (χ4n) is 2.56. The van der Waals surface area contributed by atoms with Crippen molar-refractivity contribution in [3.8, 4) is 22.4 Å². The lowest BCUT2D eigenvalue weighted by Crippen LogP contribution is -2.00. The van der Waals surface area contributed by atoms with Gasteiger partial charge in [-0.15, -0.1) is 0 Å². The van der Waals surface area contributed by atoms with Crippen LogP contribution in [0.2, 0.25) is 0 Å². The normalized spacial score (nSPS) is 11.5. The topological polar surface area (TPSA) is 73.0 Å². The second-order valence-electron chi connectivity index (χ2n) is 5.75. The minimum atomic E-state index is -3.26. The molecule has 6 heteroatoms. The first-order chi connectivity index (χ1) is 11.9. The lowest BCUT2D eigenvalue weighted by Gasteiger charge is -2.12. The summed E-state index contributed by atoms with van der Waals surface area (Å²) in [5.41, 5.74) is 9.66. The average Bonchev–Trinajstić information content (AvgIpc) is 2.61. The molecule has 25 heavy (non-hydrogen) atoms. The summed E-state index contributed by atoms with van der Waals surface area (Å²) in [6, 6.07) is 14.6. The number of nitrogens with zero attached hydrogens (tertiary/aromatic N) is 1. The molecule has 0 aliphatic rings. The third-order valence-electron chi connectivity index (χ3n) is 3.89. The van der Waals surface area contributed by atoms with Gasteiger partial charge in [-0.05, 0) is 53.6 Å². The minimum absolute atomic E-state index is 0.252. The van der Waals surface area contributed by atoms with Crippen LogP contribution >= 0.6 is 0 Å². The van der Waals surface area contributed by atoms with Crippen molar-refractivity contribution in [1.29, 1.82) is 0 Å². The fraction of sp³-hybridized carbons (Fsp3) is 0.105. The van der Waals surface area contributed by atoms with E-state index in [-0.39, 0.29) is 10.7 Å². The van der Waals surface area contributed by atoms with E-state index >= 15 is 0 Å². The number of rotatable bonds is 4. The van der Waals surface area contributed by atoms with Crippen molar-refractivity contribution in [2.24, 2.45) is 5.73 Å². The van der Waals surface area contributed by atoms with Crippen LogP contribution in [0.5, 0.6) is 0 Å². The molecule has 0 spiro atoms. The molecule has 0 unspecified atom stereocenters. The number of aromatic nitrogens is 1. The van der Waals surface area contributed by atoms with E-state index in [1.807, 2.05) is 6.07 Å². The third kappa shape index (κ3) is 3.75. The Balaban J connectivity index is 2.15. The summed E-state index contributed by atoms with van der Waals surface area (Å²) in [5, 5.41) is 0. The third-order valence-corrected chi connectivity index (χ3v) is 5.02. The molecule has 1 aromatic heterocycles. The van der Waals surface area contributed by atoms with Crippen LogP contribution in [0.3, 0.4) is 0 Å². The Hall–Kier alpha value is -2.57. The average molecular weight is 356 g/mol. The molecule has 0 fully saturated rings. The van der Waals surface area contributed by atoms with E-state index in [0.29, 0.717) is 12.2 Å². The number of pyridine rings is 1.